The molecule has 1 fully saturated rings. The highest BCUT2D eigenvalue weighted by Gasteiger charge is 2.33. The Morgan fingerprint density at radius 1 is 1.10 bits per heavy atom. The highest BCUT2D eigenvalue weighted by atomic mass is 16.5. The van der Waals surface area contributed by atoms with Crippen LogP contribution in [0, 0.1) is 0 Å². The number of hydrogen-bond acceptors (Lipinski definition) is 7. The first-order valence-electron chi connectivity index (χ1n) is 10.2. The zero-order chi connectivity index (χ0) is 21.8. The molecule has 0 aliphatic carbocycles. The van der Waals surface area contributed by atoms with E-state index in [-0.39, 0.29) is 11.8 Å². The van der Waals surface area contributed by atoms with Crippen LogP contribution in [-0.4, -0.2) is 48.3 Å². The van der Waals surface area contributed by atoms with E-state index < -0.39 is 0 Å². The molecule has 0 spiro atoms. The van der Waals surface area contributed by atoms with Crippen molar-refractivity contribution in [3.8, 4) is 28.7 Å². The molecule has 3 aromatic rings. The van der Waals surface area contributed by atoms with E-state index in [2.05, 4.69) is 10.1 Å². The number of nitrogens with zero attached hydrogens (tertiary/aromatic N) is 3. The van der Waals surface area contributed by atoms with Gasteiger partial charge in [-0.3, -0.25) is 4.79 Å². The highest BCUT2D eigenvalue weighted by Crippen LogP contribution is 2.33. The summed E-state index contributed by atoms with van der Waals surface area (Å²) in [6.45, 7) is 3.67. The molecule has 31 heavy (non-hydrogen) atoms. The minimum absolute atomic E-state index is 0.0800. The second-order valence-corrected chi connectivity index (χ2v) is 7.28. The van der Waals surface area contributed by atoms with Crippen LogP contribution in [0.5, 0.6) is 17.2 Å². The van der Waals surface area contributed by atoms with Crippen LogP contribution >= 0.6 is 0 Å². The molecular weight excluding hydrogens is 398 g/mol. The lowest BCUT2D eigenvalue weighted by Gasteiger charge is -2.16. The molecule has 162 valence electrons. The number of methoxy groups -OCH3 is 2. The molecule has 0 saturated carbocycles. The molecule has 4 rings (SSSR count). The summed E-state index contributed by atoms with van der Waals surface area (Å²) in [4.78, 5) is 18.9. The summed E-state index contributed by atoms with van der Waals surface area (Å²) < 4.78 is 21.5. The van der Waals surface area contributed by atoms with Crippen LogP contribution in [0.1, 0.15) is 30.7 Å². The van der Waals surface area contributed by atoms with Gasteiger partial charge in [-0.2, -0.15) is 4.98 Å². The first-order chi connectivity index (χ1) is 15.1. The maximum atomic E-state index is 12.5. The lowest BCUT2D eigenvalue weighted by molar-refractivity contribution is -0.128. The summed E-state index contributed by atoms with van der Waals surface area (Å²) >= 11 is 0. The Morgan fingerprint density at radius 3 is 2.58 bits per heavy atom. The van der Waals surface area contributed by atoms with Crippen molar-refractivity contribution in [1.82, 2.24) is 15.0 Å². The number of ether oxygens (including phenoxy) is 3. The van der Waals surface area contributed by atoms with Gasteiger partial charge in [0.15, 0.2) is 17.3 Å². The zero-order valence-corrected chi connectivity index (χ0v) is 17.8. The quantitative estimate of drug-likeness (QED) is 0.546. The molecule has 1 unspecified atom stereocenters. The SMILES string of the molecule is CCOc1ccc(CN2CC(c3noc(-c4ccc(OC)c(OC)c4)n3)CC2=O)cc1. The molecule has 0 radical (unpaired) electrons. The van der Waals surface area contributed by atoms with Gasteiger partial charge in [0.2, 0.25) is 5.91 Å². The van der Waals surface area contributed by atoms with E-state index in [4.69, 9.17) is 18.7 Å². The number of aromatic nitrogens is 2. The summed E-state index contributed by atoms with van der Waals surface area (Å²) in [5.74, 6) is 2.92. The van der Waals surface area contributed by atoms with Crippen molar-refractivity contribution in [1.29, 1.82) is 0 Å². The monoisotopic (exact) mass is 423 g/mol. The van der Waals surface area contributed by atoms with Gasteiger partial charge in [0.25, 0.3) is 5.89 Å². The molecule has 2 heterocycles. The van der Waals surface area contributed by atoms with Crippen molar-refractivity contribution >= 4 is 5.91 Å². The largest absolute Gasteiger partial charge is 0.494 e. The molecule has 1 aromatic heterocycles. The molecule has 0 N–H and O–H groups in total. The summed E-state index contributed by atoms with van der Waals surface area (Å²) in [6.07, 6.45) is 0.363. The third kappa shape index (κ3) is 4.47. The Morgan fingerprint density at radius 2 is 1.87 bits per heavy atom. The van der Waals surface area contributed by atoms with Crippen LogP contribution in [0.3, 0.4) is 0 Å². The average molecular weight is 423 g/mol. The number of likely N-dealkylation sites (tertiary alicyclic amines) is 1. The number of benzene rings is 2. The molecule has 1 aliphatic rings. The topological polar surface area (TPSA) is 86.9 Å². The Labute approximate surface area is 180 Å². The third-order valence-electron chi connectivity index (χ3n) is 5.26. The van der Waals surface area contributed by atoms with E-state index >= 15 is 0 Å². The van der Waals surface area contributed by atoms with Crippen LogP contribution in [0.2, 0.25) is 0 Å². The van der Waals surface area contributed by atoms with E-state index in [1.807, 2.05) is 42.2 Å². The molecule has 2 aromatic carbocycles. The van der Waals surface area contributed by atoms with Crippen LogP contribution in [0.15, 0.2) is 47.0 Å². The third-order valence-corrected chi connectivity index (χ3v) is 5.26. The summed E-state index contributed by atoms with van der Waals surface area (Å²) in [5.41, 5.74) is 1.78. The van der Waals surface area contributed by atoms with Gasteiger partial charge in [-0.15, -0.1) is 0 Å². The van der Waals surface area contributed by atoms with Gasteiger partial charge in [0.1, 0.15) is 5.75 Å². The molecule has 1 amide bonds. The molecule has 1 atom stereocenters. The van der Waals surface area contributed by atoms with Crippen molar-refractivity contribution in [2.45, 2.75) is 25.8 Å². The van der Waals surface area contributed by atoms with Gasteiger partial charge in [-0.25, -0.2) is 0 Å². The van der Waals surface area contributed by atoms with Crippen LogP contribution in [0.4, 0.5) is 0 Å². The fraction of sp³-hybridized carbons (Fsp3) is 0.348. The number of amides is 1. The molecule has 0 bridgehead atoms. The molecule has 8 heteroatoms. The zero-order valence-electron chi connectivity index (χ0n) is 17.8. The number of carbonyl (C=O) groups is 1. The van der Waals surface area contributed by atoms with E-state index in [9.17, 15) is 4.79 Å². The van der Waals surface area contributed by atoms with E-state index in [1.165, 1.54) is 0 Å². The maximum absolute atomic E-state index is 12.5. The smallest absolute Gasteiger partial charge is 0.258 e. The normalized spacial score (nSPS) is 15.9. The predicted octanol–water partition coefficient (Wildman–Crippen LogP) is 3.67. The van der Waals surface area contributed by atoms with Crippen LogP contribution in [-0.2, 0) is 11.3 Å². The Bertz CT molecular complexity index is 1050. The second-order valence-electron chi connectivity index (χ2n) is 7.28. The van der Waals surface area contributed by atoms with E-state index in [1.54, 1.807) is 26.4 Å². The standard InChI is InChI=1S/C23H25N3O5/c1-4-30-18-8-5-15(6-9-18)13-26-14-17(12-21(26)27)22-24-23(31-25-22)16-7-10-19(28-2)20(11-16)29-3/h5-11,17H,4,12-14H2,1-3H3. The lowest BCUT2D eigenvalue weighted by atomic mass is 10.1. The highest BCUT2D eigenvalue weighted by molar-refractivity contribution is 5.79. The average Bonchev–Trinajstić information content (AvgIpc) is 3.42. The molecule has 8 nitrogen and oxygen atoms in total. The van der Waals surface area contributed by atoms with Crippen LogP contribution in [0.25, 0.3) is 11.5 Å². The number of rotatable bonds is 8. The van der Waals surface area contributed by atoms with Gasteiger partial charge in [0.05, 0.1) is 20.8 Å². The lowest BCUT2D eigenvalue weighted by Crippen LogP contribution is -2.24. The first-order valence-corrected chi connectivity index (χ1v) is 10.2. The van der Waals surface area contributed by atoms with Crippen molar-refractivity contribution in [2.24, 2.45) is 0 Å². The Kier molecular flexibility index (Phi) is 6.06. The maximum Gasteiger partial charge on any atom is 0.258 e. The molecule has 1 saturated heterocycles. The number of hydrogen-bond donors (Lipinski definition) is 0. The molecule has 1 aliphatic heterocycles. The van der Waals surface area contributed by atoms with Gasteiger partial charge in [-0.1, -0.05) is 17.3 Å². The Hall–Kier alpha value is -3.55. The Balaban J connectivity index is 1.44. The summed E-state index contributed by atoms with van der Waals surface area (Å²) in [6, 6.07) is 13.2. The predicted molar refractivity (Wildman–Crippen MR) is 113 cm³/mol. The molecular formula is C23H25N3O5. The van der Waals surface area contributed by atoms with Crippen molar-refractivity contribution in [3.05, 3.63) is 53.9 Å². The second kappa shape index (κ2) is 9.07. The fourth-order valence-electron chi connectivity index (χ4n) is 3.66. The summed E-state index contributed by atoms with van der Waals surface area (Å²) in [5, 5.41) is 4.13. The fourth-order valence-corrected chi connectivity index (χ4v) is 3.66. The van der Waals surface area contributed by atoms with E-state index in [0.717, 1.165) is 16.9 Å². The van der Waals surface area contributed by atoms with Crippen molar-refractivity contribution < 1.29 is 23.5 Å². The number of carbonyl (C=O) groups excluding carboxylic acids is 1. The van der Waals surface area contributed by atoms with E-state index in [0.29, 0.717) is 49.3 Å². The first kappa shape index (κ1) is 20.7. The van der Waals surface area contributed by atoms with Crippen LogP contribution < -0.4 is 14.2 Å². The van der Waals surface area contributed by atoms with Crippen molar-refractivity contribution in [3.63, 3.8) is 0 Å². The minimum Gasteiger partial charge on any atom is -0.494 e. The van der Waals surface area contributed by atoms with Gasteiger partial charge in [0, 0.05) is 31.0 Å². The van der Waals surface area contributed by atoms with Gasteiger partial charge in [-0.05, 0) is 42.8 Å². The van der Waals surface area contributed by atoms with Crippen molar-refractivity contribution in [2.75, 3.05) is 27.4 Å². The van der Waals surface area contributed by atoms with Gasteiger partial charge >= 0.3 is 0 Å². The summed E-state index contributed by atoms with van der Waals surface area (Å²) in [7, 11) is 3.16. The van der Waals surface area contributed by atoms with Gasteiger partial charge < -0.3 is 23.6 Å². The minimum atomic E-state index is -0.104.